The van der Waals surface area contributed by atoms with Gasteiger partial charge in [-0.3, -0.25) is 4.68 Å². The third kappa shape index (κ3) is 3.20. The van der Waals surface area contributed by atoms with E-state index in [4.69, 9.17) is 0 Å². The number of hydrogen-bond acceptors (Lipinski definition) is 2. The molecule has 0 aliphatic heterocycles. The second-order valence-electron chi connectivity index (χ2n) is 4.79. The van der Waals surface area contributed by atoms with Gasteiger partial charge in [-0.15, -0.1) is 0 Å². The molecule has 1 aromatic heterocycles. The van der Waals surface area contributed by atoms with Gasteiger partial charge in [0.05, 0.1) is 5.69 Å². The summed E-state index contributed by atoms with van der Waals surface area (Å²) in [6.45, 7) is 5.17. The van der Waals surface area contributed by atoms with Crippen molar-refractivity contribution in [2.45, 2.75) is 26.3 Å². The van der Waals surface area contributed by atoms with Crippen LogP contribution in [0.2, 0.25) is 0 Å². The molecule has 0 saturated carbocycles. The van der Waals surface area contributed by atoms with Gasteiger partial charge >= 0.3 is 0 Å². The fraction of sp³-hybridized carbons (Fsp3) is 0.400. The average molecular weight is 261 g/mol. The maximum Gasteiger partial charge on any atom is 0.132 e. The summed E-state index contributed by atoms with van der Waals surface area (Å²) in [5, 5.41) is 7.66. The van der Waals surface area contributed by atoms with Crippen LogP contribution in [-0.2, 0) is 7.05 Å². The van der Waals surface area contributed by atoms with Crippen molar-refractivity contribution < 1.29 is 4.39 Å². The summed E-state index contributed by atoms with van der Waals surface area (Å²) in [5.41, 5.74) is 2.31. The highest BCUT2D eigenvalue weighted by Crippen LogP contribution is 2.25. The van der Waals surface area contributed by atoms with Crippen molar-refractivity contribution in [2.75, 3.05) is 6.54 Å². The van der Waals surface area contributed by atoms with Crippen molar-refractivity contribution in [3.05, 3.63) is 41.8 Å². The van der Waals surface area contributed by atoms with E-state index in [-0.39, 0.29) is 11.9 Å². The molecule has 4 heteroatoms. The fourth-order valence-electron chi connectivity index (χ4n) is 2.05. The van der Waals surface area contributed by atoms with Gasteiger partial charge in [-0.1, -0.05) is 13.0 Å². The number of hydrogen-bond donors (Lipinski definition) is 1. The molecule has 0 aliphatic carbocycles. The van der Waals surface area contributed by atoms with Crippen LogP contribution >= 0.6 is 0 Å². The molecule has 102 valence electrons. The molecule has 0 amide bonds. The van der Waals surface area contributed by atoms with Crippen LogP contribution in [0.15, 0.2) is 30.5 Å². The predicted octanol–water partition coefficient (Wildman–Crippen LogP) is 3.29. The first kappa shape index (κ1) is 13.7. The predicted molar refractivity (Wildman–Crippen MR) is 75.3 cm³/mol. The Morgan fingerprint density at radius 3 is 2.79 bits per heavy atom. The largest absolute Gasteiger partial charge is 0.310 e. The normalized spacial score (nSPS) is 12.6. The first-order chi connectivity index (χ1) is 9.11. The summed E-state index contributed by atoms with van der Waals surface area (Å²) >= 11 is 0. The van der Waals surface area contributed by atoms with Crippen molar-refractivity contribution >= 4 is 0 Å². The molecule has 0 spiro atoms. The smallest absolute Gasteiger partial charge is 0.132 e. The first-order valence-corrected chi connectivity index (χ1v) is 6.64. The van der Waals surface area contributed by atoms with Crippen LogP contribution in [0.5, 0.6) is 0 Å². The lowest BCUT2D eigenvalue weighted by atomic mass is 10.0. The summed E-state index contributed by atoms with van der Waals surface area (Å²) in [6.07, 6.45) is 2.90. The Bertz CT molecular complexity index is 548. The van der Waals surface area contributed by atoms with Gasteiger partial charge in [0.25, 0.3) is 0 Å². The van der Waals surface area contributed by atoms with E-state index in [2.05, 4.69) is 24.3 Å². The van der Waals surface area contributed by atoms with E-state index in [9.17, 15) is 4.39 Å². The highest BCUT2D eigenvalue weighted by atomic mass is 19.1. The van der Waals surface area contributed by atoms with Gasteiger partial charge in [0.1, 0.15) is 5.82 Å². The second-order valence-corrected chi connectivity index (χ2v) is 4.79. The molecule has 2 rings (SSSR count). The van der Waals surface area contributed by atoms with Crippen LogP contribution in [0, 0.1) is 5.82 Å². The summed E-state index contributed by atoms with van der Waals surface area (Å²) in [4.78, 5) is 0. The van der Waals surface area contributed by atoms with E-state index in [0.717, 1.165) is 18.5 Å². The SMILES string of the molecule is CCCNC(C)c1ccc(F)c(-c2ccn(C)n2)c1. The molecule has 1 N–H and O–H groups in total. The molecule has 1 heterocycles. The van der Waals surface area contributed by atoms with E-state index in [1.54, 1.807) is 4.68 Å². The molecule has 2 aromatic rings. The molecular formula is C15H20FN3. The van der Waals surface area contributed by atoms with E-state index >= 15 is 0 Å². The molecule has 1 atom stereocenters. The third-order valence-electron chi connectivity index (χ3n) is 3.18. The van der Waals surface area contributed by atoms with Gasteiger partial charge in [-0.05, 0) is 43.7 Å². The Balaban J connectivity index is 2.29. The molecule has 3 nitrogen and oxygen atoms in total. The van der Waals surface area contributed by atoms with Gasteiger partial charge in [0, 0.05) is 24.8 Å². The Hall–Kier alpha value is -1.68. The van der Waals surface area contributed by atoms with Gasteiger partial charge in [0.15, 0.2) is 0 Å². The van der Waals surface area contributed by atoms with Gasteiger partial charge in [0.2, 0.25) is 0 Å². The molecule has 19 heavy (non-hydrogen) atoms. The zero-order valence-corrected chi connectivity index (χ0v) is 11.7. The summed E-state index contributed by atoms with van der Waals surface area (Å²) < 4.78 is 15.6. The average Bonchev–Trinajstić information content (AvgIpc) is 2.83. The quantitative estimate of drug-likeness (QED) is 0.895. The lowest BCUT2D eigenvalue weighted by Crippen LogP contribution is -2.19. The zero-order chi connectivity index (χ0) is 13.8. The fourth-order valence-corrected chi connectivity index (χ4v) is 2.05. The topological polar surface area (TPSA) is 29.9 Å². The van der Waals surface area contributed by atoms with Crippen LogP contribution in [0.25, 0.3) is 11.3 Å². The van der Waals surface area contributed by atoms with Crippen molar-refractivity contribution in [3.63, 3.8) is 0 Å². The van der Waals surface area contributed by atoms with Crippen LogP contribution in [0.3, 0.4) is 0 Å². The van der Waals surface area contributed by atoms with E-state index < -0.39 is 0 Å². The molecule has 0 saturated heterocycles. The number of benzene rings is 1. The maximum atomic E-state index is 13.9. The molecule has 0 fully saturated rings. The number of rotatable bonds is 5. The van der Waals surface area contributed by atoms with Crippen LogP contribution in [-0.4, -0.2) is 16.3 Å². The maximum absolute atomic E-state index is 13.9. The van der Waals surface area contributed by atoms with E-state index in [1.165, 1.54) is 6.07 Å². The Morgan fingerprint density at radius 2 is 2.16 bits per heavy atom. The Labute approximate surface area is 113 Å². The highest BCUT2D eigenvalue weighted by molar-refractivity contribution is 5.60. The van der Waals surface area contributed by atoms with Gasteiger partial charge in [-0.2, -0.15) is 5.10 Å². The third-order valence-corrected chi connectivity index (χ3v) is 3.18. The molecule has 1 aromatic carbocycles. The summed E-state index contributed by atoms with van der Waals surface area (Å²) in [6, 6.07) is 7.26. The Morgan fingerprint density at radius 1 is 1.37 bits per heavy atom. The van der Waals surface area contributed by atoms with Gasteiger partial charge < -0.3 is 5.32 Å². The van der Waals surface area contributed by atoms with E-state index in [1.807, 2.05) is 31.4 Å². The highest BCUT2D eigenvalue weighted by Gasteiger charge is 2.11. The number of aromatic nitrogens is 2. The van der Waals surface area contributed by atoms with Crippen LogP contribution in [0.4, 0.5) is 4.39 Å². The van der Waals surface area contributed by atoms with Crippen molar-refractivity contribution in [1.82, 2.24) is 15.1 Å². The summed E-state index contributed by atoms with van der Waals surface area (Å²) in [5.74, 6) is -0.231. The number of halogens is 1. The van der Waals surface area contributed by atoms with Crippen LogP contribution in [0.1, 0.15) is 31.9 Å². The molecule has 0 bridgehead atoms. The minimum Gasteiger partial charge on any atom is -0.310 e. The summed E-state index contributed by atoms with van der Waals surface area (Å²) in [7, 11) is 1.83. The van der Waals surface area contributed by atoms with Crippen molar-refractivity contribution in [2.24, 2.45) is 7.05 Å². The molecule has 0 aliphatic rings. The standard InChI is InChI=1S/C15H20FN3/c1-4-8-17-11(2)12-5-6-14(16)13(10-12)15-7-9-19(3)18-15/h5-7,9-11,17H,4,8H2,1-3H3. The molecule has 0 radical (unpaired) electrons. The van der Waals surface area contributed by atoms with E-state index in [0.29, 0.717) is 11.3 Å². The molecular weight excluding hydrogens is 241 g/mol. The first-order valence-electron chi connectivity index (χ1n) is 6.64. The number of nitrogens with one attached hydrogen (secondary N) is 1. The number of aryl methyl sites for hydroxylation is 1. The minimum absolute atomic E-state index is 0.211. The minimum atomic E-state index is -0.231. The lowest BCUT2D eigenvalue weighted by molar-refractivity contribution is 0.568. The van der Waals surface area contributed by atoms with Crippen molar-refractivity contribution in [3.8, 4) is 11.3 Å². The monoisotopic (exact) mass is 261 g/mol. The lowest BCUT2D eigenvalue weighted by Gasteiger charge is -2.14. The van der Waals surface area contributed by atoms with Crippen molar-refractivity contribution in [1.29, 1.82) is 0 Å². The zero-order valence-electron chi connectivity index (χ0n) is 11.7. The van der Waals surface area contributed by atoms with Gasteiger partial charge in [-0.25, -0.2) is 4.39 Å². The molecule has 1 unspecified atom stereocenters. The second kappa shape index (κ2) is 5.97. The Kier molecular flexibility index (Phi) is 4.32. The number of nitrogens with zero attached hydrogens (tertiary/aromatic N) is 2. The van der Waals surface area contributed by atoms with Crippen LogP contribution < -0.4 is 5.32 Å².